The fourth-order valence-corrected chi connectivity index (χ4v) is 4.59. The molecule has 0 aliphatic carbocycles. The molecule has 3 aromatic rings. The summed E-state index contributed by atoms with van der Waals surface area (Å²) in [4.78, 5) is 9.86. The van der Waals surface area contributed by atoms with Gasteiger partial charge in [-0.3, -0.25) is 4.99 Å². The van der Waals surface area contributed by atoms with Crippen LogP contribution < -0.4 is 10.6 Å². The fourth-order valence-electron chi connectivity index (χ4n) is 2.58. The van der Waals surface area contributed by atoms with E-state index < -0.39 is 6.10 Å². The number of thiophene rings is 1. The summed E-state index contributed by atoms with van der Waals surface area (Å²) in [6.07, 6.45) is -0.576. The van der Waals surface area contributed by atoms with Crippen molar-refractivity contribution in [2.75, 3.05) is 13.6 Å². The lowest BCUT2D eigenvalue weighted by molar-refractivity contribution is 0.184. The first-order valence-corrected chi connectivity index (χ1v) is 10.6. The Morgan fingerprint density at radius 3 is 2.70 bits per heavy atom. The summed E-state index contributed by atoms with van der Waals surface area (Å²) >= 11 is 3.27. The minimum absolute atomic E-state index is 0.0586. The molecule has 0 radical (unpaired) electrons. The number of aromatic nitrogens is 1. The van der Waals surface area contributed by atoms with Crippen molar-refractivity contribution in [2.45, 2.75) is 38.8 Å². The SMILES string of the molecule is CN=C(NCc1nc(C(C)(C)C)cs1)NCC(O)c1cc2ccccc2s1. The monoisotopic (exact) mass is 402 g/mol. The summed E-state index contributed by atoms with van der Waals surface area (Å²) in [5, 5.41) is 21.2. The molecule has 0 amide bonds. The number of benzene rings is 1. The fraction of sp³-hybridized carbons (Fsp3) is 0.400. The van der Waals surface area contributed by atoms with E-state index in [2.05, 4.69) is 58.9 Å². The van der Waals surface area contributed by atoms with Crippen LogP contribution in [0.1, 0.15) is 42.5 Å². The lowest BCUT2D eigenvalue weighted by atomic mass is 9.93. The zero-order valence-electron chi connectivity index (χ0n) is 16.1. The molecule has 0 saturated carbocycles. The van der Waals surface area contributed by atoms with Crippen LogP contribution in [0.3, 0.4) is 0 Å². The Hall–Kier alpha value is -1.96. The van der Waals surface area contributed by atoms with Crippen molar-refractivity contribution < 1.29 is 5.11 Å². The van der Waals surface area contributed by atoms with E-state index in [1.807, 2.05) is 18.2 Å². The lowest BCUT2D eigenvalue weighted by Crippen LogP contribution is -2.38. The third kappa shape index (κ3) is 5.06. The van der Waals surface area contributed by atoms with E-state index in [0.29, 0.717) is 19.0 Å². The van der Waals surface area contributed by atoms with Crippen molar-refractivity contribution >= 4 is 38.7 Å². The van der Waals surface area contributed by atoms with Crippen LogP contribution >= 0.6 is 22.7 Å². The highest BCUT2D eigenvalue weighted by Crippen LogP contribution is 2.29. The van der Waals surface area contributed by atoms with Crippen molar-refractivity contribution in [3.05, 3.63) is 51.3 Å². The molecule has 1 unspecified atom stereocenters. The van der Waals surface area contributed by atoms with Gasteiger partial charge in [-0.1, -0.05) is 39.0 Å². The molecule has 0 aliphatic rings. The molecule has 0 aliphatic heterocycles. The Kier molecular flexibility index (Phi) is 6.14. The molecule has 1 aromatic carbocycles. The van der Waals surface area contributed by atoms with Crippen LogP contribution in [0.25, 0.3) is 10.1 Å². The molecule has 0 bridgehead atoms. The number of rotatable bonds is 5. The molecule has 5 nitrogen and oxygen atoms in total. The van der Waals surface area contributed by atoms with Gasteiger partial charge in [-0.05, 0) is 17.5 Å². The predicted octanol–water partition coefficient (Wildman–Crippen LogP) is 4.05. The highest BCUT2D eigenvalue weighted by Gasteiger charge is 2.17. The van der Waals surface area contributed by atoms with Crippen LogP contribution in [0.2, 0.25) is 0 Å². The zero-order valence-corrected chi connectivity index (χ0v) is 17.7. The number of aliphatic imine (C=N–C) groups is 1. The maximum Gasteiger partial charge on any atom is 0.191 e. The number of guanidine groups is 1. The summed E-state index contributed by atoms with van der Waals surface area (Å²) in [6.45, 7) is 7.50. The lowest BCUT2D eigenvalue weighted by Gasteiger charge is -2.15. The maximum absolute atomic E-state index is 10.5. The van der Waals surface area contributed by atoms with Crippen molar-refractivity contribution in [1.29, 1.82) is 0 Å². The van der Waals surface area contributed by atoms with E-state index in [9.17, 15) is 5.11 Å². The Labute approximate surface area is 168 Å². The zero-order chi connectivity index (χ0) is 19.4. The van der Waals surface area contributed by atoms with Gasteiger partial charge in [0.1, 0.15) is 11.1 Å². The number of hydrogen-bond acceptors (Lipinski definition) is 5. The molecular weight excluding hydrogens is 376 g/mol. The van der Waals surface area contributed by atoms with Crippen LogP contribution in [0.5, 0.6) is 0 Å². The highest BCUT2D eigenvalue weighted by atomic mass is 32.1. The van der Waals surface area contributed by atoms with Crippen molar-refractivity contribution in [3.8, 4) is 0 Å². The molecule has 0 saturated heterocycles. The van der Waals surface area contributed by atoms with Gasteiger partial charge in [-0.2, -0.15) is 0 Å². The number of aliphatic hydroxyl groups is 1. The number of fused-ring (bicyclic) bond motifs is 1. The molecule has 0 spiro atoms. The third-order valence-corrected chi connectivity index (χ3v) is 6.25. The molecule has 144 valence electrons. The first kappa shape index (κ1) is 19.8. The van der Waals surface area contributed by atoms with Gasteiger partial charge in [-0.25, -0.2) is 4.98 Å². The smallest absolute Gasteiger partial charge is 0.191 e. The van der Waals surface area contributed by atoms with Gasteiger partial charge >= 0.3 is 0 Å². The number of nitrogens with one attached hydrogen (secondary N) is 2. The second kappa shape index (κ2) is 8.37. The van der Waals surface area contributed by atoms with Crippen LogP contribution in [0.15, 0.2) is 40.7 Å². The van der Waals surface area contributed by atoms with Crippen LogP contribution in [0.4, 0.5) is 0 Å². The Morgan fingerprint density at radius 2 is 2.04 bits per heavy atom. The van der Waals surface area contributed by atoms with E-state index in [1.165, 1.54) is 4.70 Å². The van der Waals surface area contributed by atoms with Gasteiger partial charge in [0.05, 0.1) is 12.2 Å². The predicted molar refractivity (Wildman–Crippen MR) is 116 cm³/mol. The van der Waals surface area contributed by atoms with Crippen molar-refractivity contribution in [2.24, 2.45) is 4.99 Å². The van der Waals surface area contributed by atoms with Crippen molar-refractivity contribution in [3.63, 3.8) is 0 Å². The van der Waals surface area contributed by atoms with Gasteiger partial charge in [0, 0.05) is 34.0 Å². The molecular formula is C20H26N4OS2. The van der Waals surface area contributed by atoms with Crippen LogP contribution in [-0.2, 0) is 12.0 Å². The van der Waals surface area contributed by atoms with Crippen LogP contribution in [-0.4, -0.2) is 29.6 Å². The van der Waals surface area contributed by atoms with Gasteiger partial charge in [0.2, 0.25) is 0 Å². The average Bonchev–Trinajstić information content (AvgIpc) is 3.28. The van der Waals surface area contributed by atoms with Crippen LogP contribution in [0, 0.1) is 0 Å². The average molecular weight is 403 g/mol. The second-order valence-corrected chi connectivity index (χ2v) is 9.44. The number of thiazole rings is 1. The van der Waals surface area contributed by atoms with E-state index in [0.717, 1.165) is 21.0 Å². The molecule has 3 rings (SSSR count). The Balaban J connectivity index is 1.53. The molecule has 7 heteroatoms. The summed E-state index contributed by atoms with van der Waals surface area (Å²) in [5.41, 5.74) is 1.16. The van der Waals surface area contributed by atoms with Gasteiger partial charge in [-0.15, -0.1) is 22.7 Å². The molecule has 2 aromatic heterocycles. The first-order valence-electron chi connectivity index (χ1n) is 8.93. The first-order chi connectivity index (χ1) is 12.9. The minimum atomic E-state index is -0.576. The number of hydrogen-bond donors (Lipinski definition) is 3. The summed E-state index contributed by atoms with van der Waals surface area (Å²) < 4.78 is 1.19. The Bertz CT molecular complexity index is 890. The quantitative estimate of drug-likeness (QED) is 0.445. The van der Waals surface area contributed by atoms with E-state index in [-0.39, 0.29) is 5.41 Å². The largest absolute Gasteiger partial charge is 0.386 e. The summed E-state index contributed by atoms with van der Waals surface area (Å²) in [5.74, 6) is 0.655. The van der Waals surface area contributed by atoms with E-state index in [1.54, 1.807) is 29.7 Å². The highest BCUT2D eigenvalue weighted by molar-refractivity contribution is 7.19. The van der Waals surface area contributed by atoms with Gasteiger partial charge in [0.25, 0.3) is 0 Å². The third-order valence-electron chi connectivity index (χ3n) is 4.19. The van der Waals surface area contributed by atoms with E-state index >= 15 is 0 Å². The molecule has 1 atom stereocenters. The minimum Gasteiger partial charge on any atom is -0.386 e. The van der Waals surface area contributed by atoms with E-state index in [4.69, 9.17) is 0 Å². The number of nitrogens with zero attached hydrogens (tertiary/aromatic N) is 2. The van der Waals surface area contributed by atoms with Gasteiger partial charge < -0.3 is 15.7 Å². The van der Waals surface area contributed by atoms with Crippen molar-refractivity contribution in [1.82, 2.24) is 15.6 Å². The summed E-state index contributed by atoms with van der Waals surface area (Å²) in [7, 11) is 1.73. The molecule has 0 fully saturated rings. The second-order valence-electron chi connectivity index (χ2n) is 7.39. The molecule has 3 N–H and O–H groups in total. The Morgan fingerprint density at radius 1 is 1.26 bits per heavy atom. The standard InChI is InChI=1S/C20H26N4OS2/c1-20(2,3)17-12-26-18(24-17)11-23-19(21-4)22-10-14(25)16-9-13-7-5-6-8-15(13)27-16/h5-9,12,14,25H,10-11H2,1-4H3,(H2,21,22,23). The number of aliphatic hydroxyl groups excluding tert-OH is 1. The molecule has 27 heavy (non-hydrogen) atoms. The maximum atomic E-state index is 10.5. The topological polar surface area (TPSA) is 69.5 Å². The van der Waals surface area contributed by atoms with Gasteiger partial charge in [0.15, 0.2) is 5.96 Å². The molecule has 2 heterocycles. The summed E-state index contributed by atoms with van der Waals surface area (Å²) in [6, 6.07) is 10.2. The normalized spacial score (nSPS) is 13.7.